The Bertz CT molecular complexity index is 671. The topological polar surface area (TPSA) is 58.4 Å². The highest BCUT2D eigenvalue weighted by Crippen LogP contribution is 2.18. The summed E-state index contributed by atoms with van der Waals surface area (Å²) >= 11 is 0. The van der Waals surface area contributed by atoms with Crippen molar-refractivity contribution < 1.29 is 14.3 Å². The van der Waals surface area contributed by atoms with Gasteiger partial charge in [0.25, 0.3) is 5.91 Å². The van der Waals surface area contributed by atoms with Crippen LogP contribution in [0, 0.1) is 11.7 Å². The molecule has 6 heteroatoms. The van der Waals surface area contributed by atoms with Crippen molar-refractivity contribution in [2.75, 3.05) is 19.7 Å². The van der Waals surface area contributed by atoms with E-state index in [-0.39, 0.29) is 24.2 Å². The maximum absolute atomic E-state index is 13.3. The number of likely N-dealkylation sites (tertiary alicyclic amines) is 1. The molecule has 1 aromatic carbocycles. The molecule has 0 bridgehead atoms. The number of rotatable bonds is 3. The predicted molar refractivity (Wildman–Crippen MR) is 79.2 cm³/mol. The van der Waals surface area contributed by atoms with E-state index in [9.17, 15) is 14.3 Å². The molecule has 1 unspecified atom stereocenters. The Kier molecular flexibility index (Phi) is 4.20. The van der Waals surface area contributed by atoms with Gasteiger partial charge in [0.15, 0.2) is 5.69 Å². The highest BCUT2D eigenvalue weighted by Gasteiger charge is 2.25. The van der Waals surface area contributed by atoms with Gasteiger partial charge in [0, 0.05) is 25.9 Å². The van der Waals surface area contributed by atoms with Gasteiger partial charge in [-0.1, -0.05) is 6.07 Å². The third-order valence-electron chi connectivity index (χ3n) is 3.95. The van der Waals surface area contributed by atoms with Gasteiger partial charge in [0.1, 0.15) is 5.82 Å². The second kappa shape index (κ2) is 6.27. The third kappa shape index (κ3) is 3.01. The number of aliphatic hydroxyl groups is 1. The quantitative estimate of drug-likeness (QED) is 0.941. The Morgan fingerprint density at radius 1 is 1.41 bits per heavy atom. The van der Waals surface area contributed by atoms with E-state index in [4.69, 9.17) is 0 Å². The monoisotopic (exact) mass is 303 g/mol. The molecule has 1 aromatic heterocycles. The molecule has 116 valence electrons. The Hall–Kier alpha value is -2.21. The number of aliphatic hydroxyl groups excluding tert-OH is 1. The van der Waals surface area contributed by atoms with E-state index in [1.807, 2.05) is 0 Å². The Balaban J connectivity index is 1.77. The summed E-state index contributed by atoms with van der Waals surface area (Å²) in [6.45, 7) is 1.34. The summed E-state index contributed by atoms with van der Waals surface area (Å²) in [7, 11) is 0. The number of piperidine rings is 1. The van der Waals surface area contributed by atoms with E-state index in [1.54, 1.807) is 29.3 Å². The Morgan fingerprint density at radius 3 is 3.05 bits per heavy atom. The minimum absolute atomic E-state index is 0.0987. The molecule has 2 heterocycles. The first-order valence-electron chi connectivity index (χ1n) is 7.39. The van der Waals surface area contributed by atoms with Gasteiger partial charge >= 0.3 is 0 Å². The minimum atomic E-state index is -0.345. The van der Waals surface area contributed by atoms with Crippen LogP contribution in [0.1, 0.15) is 23.3 Å². The van der Waals surface area contributed by atoms with Crippen LogP contribution < -0.4 is 0 Å². The summed E-state index contributed by atoms with van der Waals surface area (Å²) < 4.78 is 14.7. The molecule has 2 aromatic rings. The van der Waals surface area contributed by atoms with Crippen molar-refractivity contribution in [3.05, 3.63) is 48.0 Å². The fourth-order valence-electron chi connectivity index (χ4n) is 2.76. The Morgan fingerprint density at radius 2 is 2.27 bits per heavy atom. The maximum atomic E-state index is 13.3. The smallest absolute Gasteiger partial charge is 0.274 e. The van der Waals surface area contributed by atoms with Crippen LogP contribution in [-0.2, 0) is 0 Å². The molecule has 3 rings (SSSR count). The van der Waals surface area contributed by atoms with Gasteiger partial charge < -0.3 is 10.0 Å². The maximum Gasteiger partial charge on any atom is 0.274 e. The van der Waals surface area contributed by atoms with Gasteiger partial charge in [0.2, 0.25) is 0 Å². The normalized spacial score (nSPS) is 18.5. The molecule has 0 radical (unpaired) electrons. The first-order valence-corrected chi connectivity index (χ1v) is 7.39. The van der Waals surface area contributed by atoms with Gasteiger partial charge in [-0.05, 0) is 43.0 Å². The highest BCUT2D eigenvalue weighted by molar-refractivity contribution is 5.92. The lowest BCUT2D eigenvalue weighted by Crippen LogP contribution is -2.41. The van der Waals surface area contributed by atoms with Crippen LogP contribution in [0.25, 0.3) is 5.69 Å². The van der Waals surface area contributed by atoms with Gasteiger partial charge in [-0.3, -0.25) is 4.79 Å². The summed E-state index contributed by atoms with van der Waals surface area (Å²) in [4.78, 5) is 14.2. The lowest BCUT2D eigenvalue weighted by atomic mass is 9.99. The molecular formula is C16H18FN3O2. The molecule has 1 aliphatic heterocycles. The van der Waals surface area contributed by atoms with Crippen LogP contribution in [0.3, 0.4) is 0 Å². The summed E-state index contributed by atoms with van der Waals surface area (Å²) in [6, 6.07) is 7.69. The van der Waals surface area contributed by atoms with Crippen molar-refractivity contribution in [2.45, 2.75) is 12.8 Å². The zero-order chi connectivity index (χ0) is 15.5. The van der Waals surface area contributed by atoms with Crippen molar-refractivity contribution in [3.8, 4) is 5.69 Å². The Labute approximate surface area is 128 Å². The van der Waals surface area contributed by atoms with E-state index in [1.165, 1.54) is 16.8 Å². The number of aromatic nitrogens is 2. The molecule has 1 fully saturated rings. The zero-order valence-corrected chi connectivity index (χ0v) is 12.2. The predicted octanol–water partition coefficient (Wildman–Crippen LogP) is 1.86. The van der Waals surface area contributed by atoms with Crippen molar-refractivity contribution in [2.24, 2.45) is 5.92 Å². The van der Waals surface area contributed by atoms with Crippen LogP contribution in [-0.4, -0.2) is 45.4 Å². The number of hydrogen-bond donors (Lipinski definition) is 1. The molecule has 22 heavy (non-hydrogen) atoms. The number of amides is 1. The molecule has 0 spiro atoms. The number of carbonyl (C=O) groups is 1. The fraction of sp³-hybridized carbons (Fsp3) is 0.375. The van der Waals surface area contributed by atoms with Gasteiger partial charge in [-0.15, -0.1) is 0 Å². The molecular weight excluding hydrogens is 285 g/mol. The number of benzene rings is 1. The van der Waals surface area contributed by atoms with Crippen molar-refractivity contribution in [1.29, 1.82) is 0 Å². The molecule has 0 aliphatic carbocycles. The summed E-state index contributed by atoms with van der Waals surface area (Å²) in [5, 5.41) is 13.5. The average molecular weight is 303 g/mol. The van der Waals surface area contributed by atoms with Crippen molar-refractivity contribution in [1.82, 2.24) is 14.7 Å². The second-order valence-electron chi connectivity index (χ2n) is 5.57. The second-order valence-corrected chi connectivity index (χ2v) is 5.57. The van der Waals surface area contributed by atoms with Crippen molar-refractivity contribution in [3.63, 3.8) is 0 Å². The van der Waals surface area contributed by atoms with E-state index >= 15 is 0 Å². The summed E-state index contributed by atoms with van der Waals surface area (Å²) in [6.07, 6.45) is 3.48. The van der Waals surface area contributed by atoms with Gasteiger partial charge in [-0.2, -0.15) is 5.10 Å². The van der Waals surface area contributed by atoms with Gasteiger partial charge in [-0.25, -0.2) is 9.07 Å². The standard InChI is InChI=1S/C16H18FN3O2/c17-13-4-1-5-14(9-13)20-8-6-15(18-20)16(22)19-7-2-3-12(10-19)11-21/h1,4-6,8-9,12,21H,2-3,7,10-11H2. The molecule has 5 nitrogen and oxygen atoms in total. The lowest BCUT2D eigenvalue weighted by Gasteiger charge is -2.31. The fourth-order valence-corrected chi connectivity index (χ4v) is 2.76. The lowest BCUT2D eigenvalue weighted by molar-refractivity contribution is 0.0614. The van der Waals surface area contributed by atoms with E-state index in [2.05, 4.69) is 5.10 Å². The first-order chi connectivity index (χ1) is 10.7. The largest absolute Gasteiger partial charge is 0.396 e. The third-order valence-corrected chi connectivity index (χ3v) is 3.95. The molecule has 1 amide bonds. The molecule has 1 aliphatic rings. The van der Waals surface area contributed by atoms with E-state index in [0.29, 0.717) is 24.5 Å². The minimum Gasteiger partial charge on any atom is -0.396 e. The zero-order valence-electron chi connectivity index (χ0n) is 12.2. The summed E-state index contributed by atoms with van der Waals surface area (Å²) in [5.41, 5.74) is 0.911. The molecule has 1 saturated heterocycles. The van der Waals surface area contributed by atoms with Crippen LogP contribution in [0.4, 0.5) is 4.39 Å². The van der Waals surface area contributed by atoms with Crippen LogP contribution in [0.2, 0.25) is 0 Å². The van der Waals surface area contributed by atoms with Crippen LogP contribution in [0.15, 0.2) is 36.5 Å². The molecule has 1 N–H and O–H groups in total. The first kappa shape index (κ1) is 14.7. The van der Waals surface area contributed by atoms with Crippen LogP contribution in [0.5, 0.6) is 0 Å². The summed E-state index contributed by atoms with van der Waals surface area (Å²) in [5.74, 6) is -0.348. The van der Waals surface area contributed by atoms with Gasteiger partial charge in [0.05, 0.1) is 5.69 Å². The molecule has 1 atom stereocenters. The number of nitrogens with zero attached hydrogens (tertiary/aromatic N) is 3. The average Bonchev–Trinajstić information content (AvgIpc) is 3.04. The molecule has 0 saturated carbocycles. The number of carbonyl (C=O) groups excluding carboxylic acids is 1. The van der Waals surface area contributed by atoms with E-state index < -0.39 is 0 Å². The highest BCUT2D eigenvalue weighted by atomic mass is 19.1. The van der Waals surface area contributed by atoms with Crippen LogP contribution >= 0.6 is 0 Å². The SMILES string of the molecule is O=C(c1ccn(-c2cccc(F)c2)n1)N1CCCC(CO)C1. The van der Waals surface area contributed by atoms with Crippen molar-refractivity contribution >= 4 is 5.91 Å². The number of hydrogen-bond acceptors (Lipinski definition) is 3. The number of halogens is 1. The van der Waals surface area contributed by atoms with E-state index in [0.717, 1.165) is 12.8 Å².